The van der Waals surface area contributed by atoms with E-state index in [4.69, 9.17) is 10.5 Å². The molecule has 1 aromatic carbocycles. The molecule has 6 nitrogen and oxygen atoms in total. The number of nitrogens with one attached hydrogen (secondary N) is 2. The van der Waals surface area contributed by atoms with Gasteiger partial charge in [-0.05, 0) is 25.3 Å². The average Bonchev–Trinajstić information content (AvgIpc) is 2.56. The Balaban J connectivity index is 1.99. The largest absolute Gasteiger partial charge is 0.384 e. The van der Waals surface area contributed by atoms with Gasteiger partial charge in [-0.2, -0.15) is 0 Å². The van der Waals surface area contributed by atoms with Gasteiger partial charge in [0, 0.05) is 31.5 Å². The van der Waals surface area contributed by atoms with E-state index < -0.39 is 11.8 Å². The summed E-state index contributed by atoms with van der Waals surface area (Å²) in [5.74, 6) is -1.19. The minimum Gasteiger partial charge on any atom is -0.384 e. The van der Waals surface area contributed by atoms with Gasteiger partial charge in [0.2, 0.25) is 0 Å². The van der Waals surface area contributed by atoms with Crippen LogP contribution >= 0.6 is 0 Å². The molecular weight excluding hydrogens is 294 g/mol. The first kappa shape index (κ1) is 17.0. The van der Waals surface area contributed by atoms with Crippen molar-refractivity contribution < 1.29 is 14.3 Å². The second-order valence-electron chi connectivity index (χ2n) is 5.58. The van der Waals surface area contributed by atoms with Gasteiger partial charge in [-0.3, -0.25) is 9.59 Å². The third kappa shape index (κ3) is 5.10. The van der Waals surface area contributed by atoms with E-state index >= 15 is 0 Å². The summed E-state index contributed by atoms with van der Waals surface area (Å²) in [6.07, 6.45) is 2.88. The number of carbonyl (C=O) groups is 2. The van der Waals surface area contributed by atoms with Crippen molar-refractivity contribution in [1.29, 1.82) is 0 Å². The van der Waals surface area contributed by atoms with E-state index in [2.05, 4.69) is 10.6 Å². The van der Waals surface area contributed by atoms with Gasteiger partial charge >= 0.3 is 0 Å². The van der Waals surface area contributed by atoms with E-state index in [1.807, 2.05) is 37.3 Å². The molecule has 124 valence electrons. The molecule has 0 bridgehead atoms. The van der Waals surface area contributed by atoms with Crippen molar-refractivity contribution in [3.8, 4) is 0 Å². The first-order valence-corrected chi connectivity index (χ1v) is 7.77. The number of carbonyl (C=O) groups excluding carboxylic acids is 2. The fraction of sp³-hybridized carbons (Fsp3) is 0.412. The molecule has 6 heteroatoms. The summed E-state index contributed by atoms with van der Waals surface area (Å²) in [7, 11) is 0. The number of hydrogen-bond donors (Lipinski definition) is 3. The number of benzene rings is 1. The fourth-order valence-electron chi connectivity index (χ4n) is 2.40. The third-order valence-corrected chi connectivity index (χ3v) is 3.84. The average molecular weight is 317 g/mol. The van der Waals surface area contributed by atoms with Gasteiger partial charge in [0.15, 0.2) is 0 Å². The van der Waals surface area contributed by atoms with Gasteiger partial charge in [-0.1, -0.05) is 30.3 Å². The van der Waals surface area contributed by atoms with Crippen LogP contribution in [0, 0.1) is 0 Å². The fourth-order valence-corrected chi connectivity index (χ4v) is 2.40. The molecule has 0 saturated carbocycles. The van der Waals surface area contributed by atoms with Crippen molar-refractivity contribution in [1.82, 2.24) is 10.6 Å². The number of primary amides is 1. The van der Waals surface area contributed by atoms with Crippen LogP contribution in [0.25, 0.3) is 0 Å². The Bertz CT molecular complexity index is 566. The van der Waals surface area contributed by atoms with Crippen LogP contribution in [0.3, 0.4) is 0 Å². The maximum absolute atomic E-state index is 12.2. The maximum Gasteiger partial charge on any atom is 0.258 e. The molecule has 1 heterocycles. The Hall–Kier alpha value is -2.34. The molecule has 1 atom stereocenters. The molecular formula is C17H23N3O3. The topological polar surface area (TPSA) is 93.5 Å². The molecule has 2 rings (SSSR count). The standard InChI is InChI=1S/C17H23N3O3/c1-12(13-5-3-2-4-6-13)19-11-15(16(18)21)17(22)20-14-7-9-23-10-8-14/h2-6,11-12,14,19H,7-10H2,1H3,(H2,18,21)(H,20,22)/b15-11+. The van der Waals surface area contributed by atoms with Crippen molar-refractivity contribution in [2.45, 2.75) is 31.8 Å². The van der Waals surface area contributed by atoms with Crippen molar-refractivity contribution in [3.05, 3.63) is 47.7 Å². The summed E-state index contributed by atoms with van der Waals surface area (Å²) in [5, 5.41) is 5.89. The summed E-state index contributed by atoms with van der Waals surface area (Å²) in [4.78, 5) is 23.8. The van der Waals surface area contributed by atoms with Gasteiger partial charge in [0.05, 0.1) is 0 Å². The minimum atomic E-state index is -0.748. The van der Waals surface area contributed by atoms with E-state index in [9.17, 15) is 9.59 Å². The zero-order valence-corrected chi connectivity index (χ0v) is 13.2. The van der Waals surface area contributed by atoms with Crippen LogP contribution in [0.15, 0.2) is 42.1 Å². The predicted molar refractivity (Wildman–Crippen MR) is 87.3 cm³/mol. The normalized spacial score (nSPS) is 17.3. The molecule has 1 aromatic rings. The quantitative estimate of drug-likeness (QED) is 0.414. The lowest BCUT2D eigenvalue weighted by atomic mass is 10.1. The lowest BCUT2D eigenvalue weighted by Crippen LogP contribution is -2.42. The molecule has 23 heavy (non-hydrogen) atoms. The minimum absolute atomic E-state index is 0.0190. The van der Waals surface area contributed by atoms with E-state index in [1.165, 1.54) is 6.20 Å². The van der Waals surface area contributed by atoms with Crippen molar-refractivity contribution in [2.75, 3.05) is 13.2 Å². The van der Waals surface area contributed by atoms with Crippen LogP contribution in [-0.4, -0.2) is 31.1 Å². The van der Waals surface area contributed by atoms with Crippen LogP contribution < -0.4 is 16.4 Å². The molecule has 1 unspecified atom stereocenters. The van der Waals surface area contributed by atoms with Crippen LogP contribution in [0.1, 0.15) is 31.4 Å². The lowest BCUT2D eigenvalue weighted by Gasteiger charge is -2.23. The predicted octanol–water partition coefficient (Wildman–Crippen LogP) is 1.00. The highest BCUT2D eigenvalue weighted by molar-refractivity contribution is 6.17. The van der Waals surface area contributed by atoms with E-state index in [0.29, 0.717) is 13.2 Å². The number of amides is 2. The molecule has 0 radical (unpaired) electrons. The van der Waals surface area contributed by atoms with Gasteiger partial charge in [-0.25, -0.2) is 0 Å². The Morgan fingerprint density at radius 2 is 1.91 bits per heavy atom. The summed E-state index contributed by atoms with van der Waals surface area (Å²) >= 11 is 0. The SMILES string of the molecule is CC(N/C=C(\C(N)=O)C(=O)NC1CCOCC1)c1ccccc1. The third-order valence-electron chi connectivity index (χ3n) is 3.84. The molecule has 1 aliphatic heterocycles. The molecule has 2 amide bonds. The molecule has 1 saturated heterocycles. The van der Waals surface area contributed by atoms with E-state index in [-0.39, 0.29) is 17.7 Å². The maximum atomic E-state index is 12.2. The summed E-state index contributed by atoms with van der Waals surface area (Å²) in [5.41, 5.74) is 6.32. The summed E-state index contributed by atoms with van der Waals surface area (Å²) in [6.45, 7) is 3.18. The summed E-state index contributed by atoms with van der Waals surface area (Å²) < 4.78 is 5.25. The van der Waals surface area contributed by atoms with Gasteiger partial charge in [0.1, 0.15) is 5.57 Å². The highest BCUT2D eigenvalue weighted by Crippen LogP contribution is 2.12. The molecule has 0 spiro atoms. The van der Waals surface area contributed by atoms with Crippen molar-refractivity contribution in [2.24, 2.45) is 5.73 Å². The van der Waals surface area contributed by atoms with Gasteiger partial charge in [-0.15, -0.1) is 0 Å². The van der Waals surface area contributed by atoms with Crippen molar-refractivity contribution in [3.63, 3.8) is 0 Å². The van der Waals surface area contributed by atoms with Crippen molar-refractivity contribution >= 4 is 11.8 Å². The highest BCUT2D eigenvalue weighted by Gasteiger charge is 2.21. The Kier molecular flexibility index (Phi) is 6.17. The van der Waals surface area contributed by atoms with Crippen LogP contribution in [-0.2, 0) is 14.3 Å². The van der Waals surface area contributed by atoms with E-state index in [0.717, 1.165) is 18.4 Å². The lowest BCUT2D eigenvalue weighted by molar-refractivity contribution is -0.123. The Morgan fingerprint density at radius 1 is 1.26 bits per heavy atom. The number of rotatable bonds is 6. The van der Waals surface area contributed by atoms with Crippen LogP contribution in [0.5, 0.6) is 0 Å². The zero-order valence-electron chi connectivity index (χ0n) is 13.2. The molecule has 0 aromatic heterocycles. The smallest absolute Gasteiger partial charge is 0.258 e. The Morgan fingerprint density at radius 3 is 2.52 bits per heavy atom. The number of nitrogens with two attached hydrogens (primary N) is 1. The number of hydrogen-bond acceptors (Lipinski definition) is 4. The molecule has 1 fully saturated rings. The first-order valence-electron chi connectivity index (χ1n) is 7.77. The number of ether oxygens (including phenoxy) is 1. The first-order chi connectivity index (χ1) is 11.1. The zero-order chi connectivity index (χ0) is 16.7. The van der Waals surface area contributed by atoms with Crippen LogP contribution in [0.4, 0.5) is 0 Å². The molecule has 0 aliphatic carbocycles. The second kappa shape index (κ2) is 8.33. The second-order valence-corrected chi connectivity index (χ2v) is 5.58. The molecule has 1 aliphatic rings. The molecule has 4 N–H and O–H groups in total. The van der Waals surface area contributed by atoms with Gasteiger partial charge in [0.25, 0.3) is 11.8 Å². The summed E-state index contributed by atoms with van der Waals surface area (Å²) in [6, 6.07) is 9.72. The highest BCUT2D eigenvalue weighted by atomic mass is 16.5. The monoisotopic (exact) mass is 317 g/mol. The van der Waals surface area contributed by atoms with Gasteiger partial charge < -0.3 is 21.1 Å². The Labute approximate surface area is 136 Å². The van der Waals surface area contributed by atoms with E-state index in [1.54, 1.807) is 0 Å². The van der Waals surface area contributed by atoms with Crippen LogP contribution in [0.2, 0.25) is 0 Å².